The molecule has 0 saturated carbocycles. The van der Waals surface area contributed by atoms with Gasteiger partial charge in [-0.15, -0.1) is 24.0 Å². The van der Waals surface area contributed by atoms with Gasteiger partial charge in [-0.05, 0) is 25.1 Å². The van der Waals surface area contributed by atoms with Gasteiger partial charge in [0, 0.05) is 25.9 Å². The minimum Gasteiger partial charge on any atom is -0.321 e. The molecule has 1 aromatic carbocycles. The minimum atomic E-state index is -0.0389. The van der Waals surface area contributed by atoms with Gasteiger partial charge in [0.25, 0.3) is 5.91 Å². The largest absolute Gasteiger partial charge is 0.321 e. The average molecular weight is 273 g/mol. The molecule has 2 heterocycles. The Balaban J connectivity index is 2.09. The third-order valence-electron chi connectivity index (χ3n) is 2.91. The highest BCUT2D eigenvalue weighted by molar-refractivity contribution is 7.80. The molecule has 1 N–H and O–H groups in total. The van der Waals surface area contributed by atoms with E-state index in [4.69, 9.17) is 0 Å². The van der Waals surface area contributed by atoms with E-state index in [9.17, 15) is 4.79 Å². The zero-order valence-electron chi connectivity index (χ0n) is 9.73. The van der Waals surface area contributed by atoms with Gasteiger partial charge in [-0.3, -0.25) is 4.79 Å². The number of thiol groups is 1. The molecule has 0 radical (unpaired) electrons. The fourth-order valence-corrected chi connectivity index (χ4v) is 3.22. The lowest BCUT2D eigenvalue weighted by Gasteiger charge is -1.95. The molecular formula is C14H11NOS2. The van der Waals surface area contributed by atoms with Crippen molar-refractivity contribution in [1.29, 1.82) is 0 Å². The first-order chi connectivity index (χ1) is 8.65. The third kappa shape index (κ3) is 1.87. The summed E-state index contributed by atoms with van der Waals surface area (Å²) < 4.78 is 0. The van der Waals surface area contributed by atoms with E-state index >= 15 is 0 Å². The maximum atomic E-state index is 11.9. The monoisotopic (exact) mass is 273 g/mol. The van der Waals surface area contributed by atoms with Crippen LogP contribution in [0.3, 0.4) is 0 Å². The Bertz CT molecular complexity index is 651. The predicted octanol–water partition coefficient (Wildman–Crippen LogP) is 3.84. The molecule has 3 rings (SSSR count). The van der Waals surface area contributed by atoms with Gasteiger partial charge >= 0.3 is 0 Å². The quantitative estimate of drug-likeness (QED) is 0.600. The van der Waals surface area contributed by atoms with E-state index in [-0.39, 0.29) is 5.91 Å². The number of para-hydroxylation sites is 1. The molecule has 1 amide bonds. The SMILES string of the molecule is Cc1sc(C=C2C(=O)Nc3ccccc32)cc1S. The number of anilines is 1. The molecule has 0 unspecified atom stereocenters. The first kappa shape index (κ1) is 11.6. The zero-order valence-corrected chi connectivity index (χ0v) is 11.4. The van der Waals surface area contributed by atoms with Gasteiger partial charge in [0.05, 0.1) is 5.57 Å². The Kier molecular flexibility index (Phi) is 2.76. The van der Waals surface area contributed by atoms with E-state index in [0.717, 1.165) is 31.5 Å². The van der Waals surface area contributed by atoms with Crippen LogP contribution in [0, 0.1) is 6.92 Å². The second-order valence-corrected chi connectivity index (χ2v) is 5.92. The molecule has 0 spiro atoms. The molecule has 0 aliphatic carbocycles. The number of aryl methyl sites for hydroxylation is 1. The summed E-state index contributed by atoms with van der Waals surface area (Å²) in [5.41, 5.74) is 2.57. The van der Waals surface area contributed by atoms with Crippen LogP contribution in [0.1, 0.15) is 15.3 Å². The Morgan fingerprint density at radius 3 is 2.83 bits per heavy atom. The van der Waals surface area contributed by atoms with E-state index in [1.54, 1.807) is 11.3 Å². The van der Waals surface area contributed by atoms with Crippen LogP contribution in [0.5, 0.6) is 0 Å². The molecule has 18 heavy (non-hydrogen) atoms. The fourth-order valence-electron chi connectivity index (χ4n) is 1.99. The molecule has 1 aromatic heterocycles. The zero-order chi connectivity index (χ0) is 12.7. The maximum absolute atomic E-state index is 11.9. The summed E-state index contributed by atoms with van der Waals surface area (Å²) in [6, 6.07) is 9.73. The number of hydrogen-bond acceptors (Lipinski definition) is 3. The summed E-state index contributed by atoms with van der Waals surface area (Å²) in [5, 5.41) is 2.87. The van der Waals surface area contributed by atoms with Crippen LogP contribution in [0.4, 0.5) is 5.69 Å². The highest BCUT2D eigenvalue weighted by atomic mass is 32.1. The van der Waals surface area contributed by atoms with Gasteiger partial charge < -0.3 is 5.32 Å². The van der Waals surface area contributed by atoms with Crippen molar-refractivity contribution in [2.24, 2.45) is 0 Å². The highest BCUT2D eigenvalue weighted by Gasteiger charge is 2.23. The molecular weight excluding hydrogens is 262 g/mol. The summed E-state index contributed by atoms with van der Waals surface area (Å²) in [7, 11) is 0. The summed E-state index contributed by atoms with van der Waals surface area (Å²) in [5.74, 6) is -0.0389. The van der Waals surface area contributed by atoms with Crippen LogP contribution in [0.25, 0.3) is 11.6 Å². The highest BCUT2D eigenvalue weighted by Crippen LogP contribution is 2.34. The molecule has 0 saturated heterocycles. The second-order valence-electron chi connectivity index (χ2n) is 4.15. The van der Waals surface area contributed by atoms with Crippen LogP contribution in [0.15, 0.2) is 35.2 Å². The van der Waals surface area contributed by atoms with E-state index in [1.807, 2.05) is 43.3 Å². The van der Waals surface area contributed by atoms with Crippen molar-refractivity contribution in [3.8, 4) is 0 Å². The predicted molar refractivity (Wildman–Crippen MR) is 79.3 cm³/mol. The van der Waals surface area contributed by atoms with Gasteiger partial charge in [0.15, 0.2) is 0 Å². The van der Waals surface area contributed by atoms with Gasteiger partial charge in [-0.1, -0.05) is 18.2 Å². The summed E-state index contributed by atoms with van der Waals surface area (Å²) in [6.45, 7) is 2.03. The summed E-state index contributed by atoms with van der Waals surface area (Å²) in [6.07, 6.45) is 1.93. The second kappa shape index (κ2) is 4.30. The maximum Gasteiger partial charge on any atom is 0.256 e. The number of fused-ring (bicyclic) bond motifs is 1. The third-order valence-corrected chi connectivity index (χ3v) is 4.52. The summed E-state index contributed by atoms with van der Waals surface area (Å²) >= 11 is 6.02. The first-order valence-electron chi connectivity index (χ1n) is 5.57. The number of thiophene rings is 1. The van der Waals surface area contributed by atoms with Gasteiger partial charge in [0.1, 0.15) is 0 Å². The lowest BCUT2D eigenvalue weighted by atomic mass is 10.1. The van der Waals surface area contributed by atoms with Crippen molar-refractivity contribution in [3.05, 3.63) is 45.6 Å². The number of carbonyl (C=O) groups excluding carboxylic acids is 1. The van der Waals surface area contributed by atoms with Crippen molar-refractivity contribution in [2.45, 2.75) is 11.8 Å². The van der Waals surface area contributed by atoms with E-state index in [2.05, 4.69) is 17.9 Å². The number of nitrogens with one attached hydrogen (secondary N) is 1. The van der Waals surface area contributed by atoms with E-state index in [0.29, 0.717) is 0 Å². The van der Waals surface area contributed by atoms with Crippen LogP contribution in [0.2, 0.25) is 0 Å². The smallest absolute Gasteiger partial charge is 0.256 e. The molecule has 1 aliphatic rings. The number of benzene rings is 1. The lowest BCUT2D eigenvalue weighted by Crippen LogP contribution is -2.03. The number of rotatable bonds is 1. The molecule has 0 fully saturated rings. The van der Waals surface area contributed by atoms with E-state index < -0.39 is 0 Å². The molecule has 2 aromatic rings. The van der Waals surface area contributed by atoms with Crippen molar-refractivity contribution < 1.29 is 4.79 Å². The fraction of sp³-hybridized carbons (Fsp3) is 0.0714. The molecule has 0 bridgehead atoms. The number of carbonyl (C=O) groups is 1. The number of hydrogen-bond donors (Lipinski definition) is 2. The topological polar surface area (TPSA) is 29.1 Å². The Morgan fingerprint density at radius 2 is 2.11 bits per heavy atom. The van der Waals surface area contributed by atoms with E-state index in [1.165, 1.54) is 0 Å². The molecule has 1 aliphatic heterocycles. The Hall–Kier alpha value is -1.52. The van der Waals surface area contributed by atoms with Crippen LogP contribution in [-0.4, -0.2) is 5.91 Å². The normalized spacial score (nSPS) is 15.9. The van der Waals surface area contributed by atoms with Crippen LogP contribution < -0.4 is 5.32 Å². The van der Waals surface area contributed by atoms with Gasteiger partial charge in [-0.25, -0.2) is 0 Å². The molecule has 0 atom stereocenters. The van der Waals surface area contributed by atoms with Crippen molar-refractivity contribution in [3.63, 3.8) is 0 Å². The Morgan fingerprint density at radius 1 is 1.33 bits per heavy atom. The standard InChI is InChI=1S/C14H11NOS2/c1-8-13(17)7-9(18-8)6-11-10-4-2-3-5-12(10)15-14(11)16/h2-7,17H,1H3,(H,15,16). The molecule has 2 nitrogen and oxygen atoms in total. The lowest BCUT2D eigenvalue weighted by molar-refractivity contribution is -0.110. The van der Waals surface area contributed by atoms with Gasteiger partial charge in [0.2, 0.25) is 0 Å². The van der Waals surface area contributed by atoms with Crippen LogP contribution >= 0.6 is 24.0 Å². The van der Waals surface area contributed by atoms with Crippen molar-refractivity contribution in [1.82, 2.24) is 0 Å². The molecule has 4 heteroatoms. The first-order valence-corrected chi connectivity index (χ1v) is 6.83. The Labute approximate surface area is 115 Å². The molecule has 90 valence electrons. The van der Waals surface area contributed by atoms with Crippen molar-refractivity contribution >= 4 is 47.2 Å². The summed E-state index contributed by atoms with van der Waals surface area (Å²) in [4.78, 5) is 15.1. The number of amides is 1. The minimum absolute atomic E-state index is 0.0389. The average Bonchev–Trinajstić information content (AvgIpc) is 2.82. The van der Waals surface area contributed by atoms with Crippen LogP contribution in [-0.2, 0) is 4.79 Å². The van der Waals surface area contributed by atoms with Gasteiger partial charge in [-0.2, -0.15) is 0 Å². The van der Waals surface area contributed by atoms with Crippen molar-refractivity contribution in [2.75, 3.05) is 5.32 Å².